The molecule has 0 radical (unpaired) electrons. The summed E-state index contributed by atoms with van der Waals surface area (Å²) >= 11 is 0. The molecule has 1 aromatic rings. The summed E-state index contributed by atoms with van der Waals surface area (Å²) in [6.07, 6.45) is 1.29. The van der Waals surface area contributed by atoms with Crippen LogP contribution in [0.3, 0.4) is 0 Å². The van der Waals surface area contributed by atoms with Gasteiger partial charge in [-0.2, -0.15) is 0 Å². The summed E-state index contributed by atoms with van der Waals surface area (Å²) in [6.45, 7) is 1.80. The smallest absolute Gasteiger partial charge is 0.326 e. The van der Waals surface area contributed by atoms with E-state index in [9.17, 15) is 34.2 Å². The fourth-order valence-electron chi connectivity index (χ4n) is 3.22. The van der Waals surface area contributed by atoms with Gasteiger partial charge in [0, 0.05) is 12.8 Å². The van der Waals surface area contributed by atoms with E-state index in [0.717, 1.165) is 0 Å². The number of nitrogens with one attached hydrogen (secondary N) is 3. The topological polar surface area (TPSA) is 240 Å². The maximum atomic E-state index is 12.8. The highest BCUT2D eigenvalue weighted by Gasteiger charge is 2.28. The lowest BCUT2D eigenvalue weighted by Crippen LogP contribution is -2.56. The third-order valence-electron chi connectivity index (χ3n) is 5.36. The number of phenolic OH excluding ortho intramolecular Hbond substituents is 1. The number of carboxylic acids is 1. The molecule has 0 heterocycles. The number of carboxylic acid groups (broad SMARTS) is 1. The molecule has 4 unspecified atom stereocenters. The van der Waals surface area contributed by atoms with Crippen LogP contribution in [0.1, 0.15) is 44.6 Å². The molecule has 200 valence electrons. The Labute approximate surface area is 209 Å². The summed E-state index contributed by atoms with van der Waals surface area (Å²) in [6, 6.07) is 1.30. The number of amides is 4. The van der Waals surface area contributed by atoms with Crippen LogP contribution in [0.4, 0.5) is 0 Å². The molecule has 0 aliphatic rings. The van der Waals surface area contributed by atoms with Crippen molar-refractivity contribution in [1.82, 2.24) is 16.0 Å². The van der Waals surface area contributed by atoms with E-state index in [4.69, 9.17) is 17.2 Å². The first-order valence-electron chi connectivity index (χ1n) is 11.6. The summed E-state index contributed by atoms with van der Waals surface area (Å²) in [4.78, 5) is 60.6. The number of phenols is 1. The van der Waals surface area contributed by atoms with Gasteiger partial charge in [-0.3, -0.25) is 19.2 Å². The molecule has 36 heavy (non-hydrogen) atoms. The highest BCUT2D eigenvalue weighted by molar-refractivity contribution is 5.94. The average Bonchev–Trinajstić information content (AvgIpc) is 2.82. The minimum atomic E-state index is -1.29. The fourth-order valence-corrected chi connectivity index (χ4v) is 3.22. The second-order valence-corrected chi connectivity index (χ2v) is 8.46. The number of aromatic hydroxyl groups is 1. The van der Waals surface area contributed by atoms with Crippen LogP contribution in [-0.4, -0.2) is 70.5 Å². The largest absolute Gasteiger partial charge is 0.508 e. The van der Waals surface area contributed by atoms with Crippen LogP contribution in [0.25, 0.3) is 0 Å². The number of benzene rings is 1. The first-order chi connectivity index (χ1) is 16.9. The van der Waals surface area contributed by atoms with E-state index in [1.165, 1.54) is 31.2 Å². The molecule has 0 fully saturated rings. The van der Waals surface area contributed by atoms with E-state index in [1.54, 1.807) is 0 Å². The zero-order valence-corrected chi connectivity index (χ0v) is 20.2. The number of primary amides is 1. The van der Waals surface area contributed by atoms with E-state index >= 15 is 0 Å². The number of aliphatic carboxylic acids is 1. The average molecular weight is 509 g/mol. The highest BCUT2D eigenvalue weighted by Crippen LogP contribution is 2.11. The van der Waals surface area contributed by atoms with Gasteiger partial charge in [0.1, 0.15) is 23.9 Å². The van der Waals surface area contributed by atoms with Crippen LogP contribution in [0, 0.1) is 0 Å². The fraction of sp³-hybridized carbons (Fsp3) is 0.522. The SMILES string of the molecule is CC(NC(=O)C(CCC(N)=O)NC(=O)C(N)CCCCN)C(=O)NC(Cc1ccc(O)cc1)C(=O)O. The van der Waals surface area contributed by atoms with Crippen molar-refractivity contribution in [1.29, 1.82) is 0 Å². The van der Waals surface area contributed by atoms with Gasteiger partial charge in [-0.25, -0.2) is 4.79 Å². The summed E-state index contributed by atoms with van der Waals surface area (Å²) < 4.78 is 0. The number of unbranched alkanes of at least 4 members (excludes halogenated alkanes) is 1. The monoisotopic (exact) mass is 508 g/mol. The van der Waals surface area contributed by atoms with Gasteiger partial charge >= 0.3 is 5.97 Å². The van der Waals surface area contributed by atoms with Crippen LogP contribution in [0.15, 0.2) is 24.3 Å². The van der Waals surface area contributed by atoms with Crippen molar-refractivity contribution in [3.8, 4) is 5.75 Å². The molecule has 0 aliphatic heterocycles. The van der Waals surface area contributed by atoms with Gasteiger partial charge in [0.2, 0.25) is 23.6 Å². The zero-order valence-electron chi connectivity index (χ0n) is 20.2. The highest BCUT2D eigenvalue weighted by atomic mass is 16.4. The maximum absolute atomic E-state index is 12.8. The van der Waals surface area contributed by atoms with Gasteiger partial charge in [-0.1, -0.05) is 18.6 Å². The normalized spacial score (nSPS) is 14.1. The van der Waals surface area contributed by atoms with Gasteiger partial charge in [0.25, 0.3) is 0 Å². The molecule has 0 bridgehead atoms. The van der Waals surface area contributed by atoms with E-state index in [1.807, 2.05) is 0 Å². The van der Waals surface area contributed by atoms with Crippen LogP contribution in [-0.2, 0) is 30.4 Å². The Bertz CT molecular complexity index is 909. The molecule has 11 N–H and O–H groups in total. The number of hydrogen-bond acceptors (Lipinski definition) is 8. The van der Waals surface area contributed by atoms with E-state index in [-0.39, 0.29) is 25.0 Å². The number of carbonyl (C=O) groups is 5. The Hall–Kier alpha value is -3.71. The molecule has 13 nitrogen and oxygen atoms in total. The Morgan fingerprint density at radius 1 is 0.889 bits per heavy atom. The molecular weight excluding hydrogens is 472 g/mol. The molecule has 0 saturated heterocycles. The third-order valence-corrected chi connectivity index (χ3v) is 5.36. The van der Waals surface area contributed by atoms with E-state index < -0.39 is 53.8 Å². The minimum Gasteiger partial charge on any atom is -0.508 e. The molecule has 0 aromatic heterocycles. The number of nitrogens with two attached hydrogens (primary N) is 3. The van der Waals surface area contributed by atoms with Gasteiger partial charge < -0.3 is 43.4 Å². The zero-order chi connectivity index (χ0) is 27.3. The molecular formula is C23H36N6O7. The van der Waals surface area contributed by atoms with Crippen molar-refractivity contribution >= 4 is 29.6 Å². The molecule has 4 amide bonds. The second-order valence-electron chi connectivity index (χ2n) is 8.46. The Morgan fingerprint density at radius 3 is 2.06 bits per heavy atom. The molecule has 0 aliphatic carbocycles. The van der Waals surface area contributed by atoms with E-state index in [0.29, 0.717) is 31.4 Å². The molecule has 1 aromatic carbocycles. The van der Waals surface area contributed by atoms with Crippen LogP contribution >= 0.6 is 0 Å². The summed E-state index contributed by atoms with van der Waals surface area (Å²) in [5, 5.41) is 26.1. The van der Waals surface area contributed by atoms with Gasteiger partial charge in [0.15, 0.2) is 0 Å². The Balaban J connectivity index is 2.78. The number of hydrogen-bond donors (Lipinski definition) is 8. The van der Waals surface area contributed by atoms with Crippen LogP contribution < -0.4 is 33.2 Å². The van der Waals surface area contributed by atoms with Gasteiger partial charge in [0.05, 0.1) is 6.04 Å². The minimum absolute atomic E-state index is 0.0143. The van der Waals surface area contributed by atoms with Crippen molar-refractivity contribution in [3.05, 3.63) is 29.8 Å². The third kappa shape index (κ3) is 11.1. The molecule has 0 spiro atoms. The van der Waals surface area contributed by atoms with Crippen molar-refractivity contribution in [3.63, 3.8) is 0 Å². The predicted octanol–water partition coefficient (Wildman–Crippen LogP) is -1.78. The standard InChI is InChI=1S/C23H36N6O7/c1-13(20(32)29-18(23(35)36)12-14-5-7-15(30)8-6-14)27-22(34)17(9-10-19(26)31)28-21(33)16(25)4-2-3-11-24/h5-8,13,16-18,30H,2-4,9-12,24-25H2,1H3,(H2,26,31)(H,27,34)(H,28,33)(H,29,32)(H,35,36). The second kappa shape index (κ2) is 15.3. The van der Waals surface area contributed by atoms with Crippen molar-refractivity contribution in [2.24, 2.45) is 17.2 Å². The summed E-state index contributed by atoms with van der Waals surface area (Å²) in [5.41, 5.74) is 17.0. The Morgan fingerprint density at radius 2 is 1.50 bits per heavy atom. The quantitative estimate of drug-likeness (QED) is 0.117. The lowest BCUT2D eigenvalue weighted by molar-refractivity contribution is -0.142. The predicted molar refractivity (Wildman–Crippen MR) is 130 cm³/mol. The lowest BCUT2D eigenvalue weighted by Gasteiger charge is -2.23. The van der Waals surface area contributed by atoms with Crippen molar-refractivity contribution < 1.29 is 34.2 Å². The van der Waals surface area contributed by atoms with Crippen molar-refractivity contribution in [2.75, 3.05) is 6.54 Å². The van der Waals surface area contributed by atoms with Gasteiger partial charge in [-0.15, -0.1) is 0 Å². The summed E-state index contributed by atoms with van der Waals surface area (Å²) in [5.74, 6) is -4.09. The molecule has 0 saturated carbocycles. The van der Waals surface area contributed by atoms with Crippen molar-refractivity contribution in [2.45, 2.75) is 69.6 Å². The molecule has 1 rings (SSSR count). The number of rotatable bonds is 16. The Kier molecular flexibility index (Phi) is 12.9. The van der Waals surface area contributed by atoms with Gasteiger partial charge in [-0.05, 0) is 50.4 Å². The maximum Gasteiger partial charge on any atom is 0.326 e. The number of carbonyl (C=O) groups excluding carboxylic acids is 4. The molecule has 4 atom stereocenters. The van der Waals surface area contributed by atoms with Crippen LogP contribution in [0.5, 0.6) is 5.75 Å². The van der Waals surface area contributed by atoms with Crippen LogP contribution in [0.2, 0.25) is 0 Å². The lowest BCUT2D eigenvalue weighted by atomic mass is 10.0. The molecule has 13 heteroatoms. The van der Waals surface area contributed by atoms with E-state index in [2.05, 4.69) is 16.0 Å². The first-order valence-corrected chi connectivity index (χ1v) is 11.6. The first kappa shape index (κ1) is 30.3. The summed E-state index contributed by atoms with van der Waals surface area (Å²) in [7, 11) is 0.